The number of likely N-dealkylation sites (N-methyl/N-ethyl adjacent to an activating group) is 1. The van der Waals surface area contributed by atoms with E-state index in [1.807, 2.05) is 24.1 Å². The SMILES string of the molecule is CN(C(=O)CCCOc1ccc(C(C)(C)C)cc1)C1CCNC1. The van der Waals surface area contributed by atoms with Crippen LogP contribution in [0.15, 0.2) is 24.3 Å². The van der Waals surface area contributed by atoms with Crippen LogP contribution in [0.4, 0.5) is 0 Å². The van der Waals surface area contributed by atoms with Crippen LogP contribution >= 0.6 is 0 Å². The largest absolute Gasteiger partial charge is 0.494 e. The first-order chi connectivity index (χ1) is 10.9. The Morgan fingerprint density at radius 2 is 2.00 bits per heavy atom. The van der Waals surface area contributed by atoms with E-state index in [2.05, 4.69) is 38.2 Å². The number of nitrogens with one attached hydrogen (secondary N) is 1. The zero-order valence-corrected chi connectivity index (χ0v) is 14.9. The van der Waals surface area contributed by atoms with Gasteiger partial charge in [-0.1, -0.05) is 32.9 Å². The number of hydrogen-bond donors (Lipinski definition) is 1. The third-order valence-corrected chi connectivity index (χ3v) is 4.50. The highest BCUT2D eigenvalue weighted by Gasteiger charge is 2.22. The Kier molecular flexibility index (Phi) is 6.05. The maximum atomic E-state index is 12.1. The summed E-state index contributed by atoms with van der Waals surface area (Å²) in [6.45, 7) is 9.10. The lowest BCUT2D eigenvalue weighted by Crippen LogP contribution is -2.38. The van der Waals surface area contributed by atoms with Gasteiger partial charge in [0.2, 0.25) is 5.91 Å². The first-order valence-electron chi connectivity index (χ1n) is 8.57. The van der Waals surface area contributed by atoms with Crippen LogP contribution < -0.4 is 10.1 Å². The van der Waals surface area contributed by atoms with Crippen LogP contribution in [0.1, 0.15) is 45.6 Å². The monoisotopic (exact) mass is 318 g/mol. The first-order valence-corrected chi connectivity index (χ1v) is 8.57. The Hall–Kier alpha value is -1.55. The van der Waals surface area contributed by atoms with Gasteiger partial charge in [0.15, 0.2) is 0 Å². The van der Waals surface area contributed by atoms with E-state index >= 15 is 0 Å². The van der Waals surface area contributed by atoms with Crippen LogP contribution in [-0.2, 0) is 10.2 Å². The Bertz CT molecular complexity index is 499. The molecule has 2 rings (SSSR count). The lowest BCUT2D eigenvalue weighted by atomic mass is 9.87. The summed E-state index contributed by atoms with van der Waals surface area (Å²) < 4.78 is 5.75. The van der Waals surface area contributed by atoms with Gasteiger partial charge in [-0.05, 0) is 42.5 Å². The molecule has 4 nitrogen and oxygen atoms in total. The molecule has 1 aliphatic rings. The average Bonchev–Trinajstić information content (AvgIpc) is 3.04. The molecule has 1 aromatic carbocycles. The normalized spacial score (nSPS) is 18.0. The predicted octanol–water partition coefficient (Wildman–Crippen LogP) is 2.96. The number of nitrogens with zero attached hydrogens (tertiary/aromatic N) is 1. The highest BCUT2D eigenvalue weighted by atomic mass is 16.5. The van der Waals surface area contributed by atoms with Crippen molar-refractivity contribution < 1.29 is 9.53 Å². The minimum absolute atomic E-state index is 0.157. The predicted molar refractivity (Wildman–Crippen MR) is 93.9 cm³/mol. The Balaban J connectivity index is 1.69. The summed E-state index contributed by atoms with van der Waals surface area (Å²) in [5.74, 6) is 1.09. The van der Waals surface area contributed by atoms with Crippen molar-refractivity contribution in [3.05, 3.63) is 29.8 Å². The summed E-state index contributed by atoms with van der Waals surface area (Å²) in [6.07, 6.45) is 2.36. The summed E-state index contributed by atoms with van der Waals surface area (Å²) in [5.41, 5.74) is 1.46. The van der Waals surface area contributed by atoms with E-state index in [-0.39, 0.29) is 11.3 Å². The van der Waals surface area contributed by atoms with Gasteiger partial charge in [0.05, 0.1) is 6.61 Å². The van der Waals surface area contributed by atoms with E-state index in [1.165, 1.54) is 5.56 Å². The molecule has 0 aromatic heterocycles. The number of carbonyl (C=O) groups excluding carboxylic acids is 1. The molecule has 1 atom stereocenters. The third kappa shape index (κ3) is 5.24. The summed E-state index contributed by atoms with van der Waals surface area (Å²) in [4.78, 5) is 14.0. The molecule has 128 valence electrons. The van der Waals surface area contributed by atoms with Gasteiger partial charge in [0.25, 0.3) is 0 Å². The molecule has 1 fully saturated rings. The van der Waals surface area contributed by atoms with Gasteiger partial charge in [0.1, 0.15) is 5.75 Å². The van der Waals surface area contributed by atoms with Crippen LogP contribution in [0.5, 0.6) is 5.75 Å². The van der Waals surface area contributed by atoms with Crippen molar-refractivity contribution in [2.24, 2.45) is 0 Å². The first kappa shape index (κ1) is 17.8. The minimum Gasteiger partial charge on any atom is -0.494 e. The van der Waals surface area contributed by atoms with Crippen molar-refractivity contribution in [1.82, 2.24) is 10.2 Å². The molecule has 23 heavy (non-hydrogen) atoms. The Morgan fingerprint density at radius 3 is 2.57 bits per heavy atom. The van der Waals surface area contributed by atoms with E-state index in [1.54, 1.807) is 0 Å². The standard InChI is InChI=1S/C19H30N2O2/c1-19(2,3)15-7-9-17(10-8-15)23-13-5-6-18(22)21(4)16-11-12-20-14-16/h7-10,16,20H,5-6,11-14H2,1-4H3. The second kappa shape index (κ2) is 7.82. The lowest BCUT2D eigenvalue weighted by Gasteiger charge is -2.23. The number of benzene rings is 1. The zero-order chi connectivity index (χ0) is 16.9. The van der Waals surface area contributed by atoms with Crippen LogP contribution in [0.25, 0.3) is 0 Å². The van der Waals surface area contributed by atoms with Gasteiger partial charge in [-0.25, -0.2) is 0 Å². The molecular formula is C19H30N2O2. The van der Waals surface area contributed by atoms with E-state index in [9.17, 15) is 4.79 Å². The minimum atomic E-state index is 0.157. The molecule has 4 heteroatoms. The summed E-state index contributed by atoms with van der Waals surface area (Å²) in [5, 5.41) is 3.29. The van der Waals surface area contributed by atoms with E-state index < -0.39 is 0 Å². The van der Waals surface area contributed by atoms with Crippen LogP contribution in [0.3, 0.4) is 0 Å². The fourth-order valence-corrected chi connectivity index (χ4v) is 2.81. The van der Waals surface area contributed by atoms with Crippen LogP contribution in [-0.4, -0.2) is 43.6 Å². The average molecular weight is 318 g/mol. The zero-order valence-electron chi connectivity index (χ0n) is 14.9. The fraction of sp³-hybridized carbons (Fsp3) is 0.632. The molecule has 1 amide bonds. The number of carbonyl (C=O) groups is 1. The highest BCUT2D eigenvalue weighted by Crippen LogP contribution is 2.24. The molecule has 1 heterocycles. The van der Waals surface area contributed by atoms with Gasteiger partial charge in [0, 0.05) is 26.1 Å². The van der Waals surface area contributed by atoms with Crippen LogP contribution in [0, 0.1) is 0 Å². The number of ether oxygens (including phenoxy) is 1. The molecular weight excluding hydrogens is 288 g/mol. The smallest absolute Gasteiger partial charge is 0.222 e. The molecule has 1 aromatic rings. The van der Waals surface area contributed by atoms with Crippen molar-refractivity contribution in [2.45, 2.75) is 51.5 Å². The molecule has 1 saturated heterocycles. The Morgan fingerprint density at radius 1 is 1.30 bits per heavy atom. The van der Waals surface area contributed by atoms with Gasteiger partial charge in [-0.2, -0.15) is 0 Å². The van der Waals surface area contributed by atoms with Crippen molar-refractivity contribution in [3.63, 3.8) is 0 Å². The molecule has 1 unspecified atom stereocenters. The van der Waals surface area contributed by atoms with Crippen molar-refractivity contribution in [2.75, 3.05) is 26.7 Å². The van der Waals surface area contributed by atoms with Gasteiger partial charge in [-0.15, -0.1) is 0 Å². The lowest BCUT2D eigenvalue weighted by molar-refractivity contribution is -0.131. The highest BCUT2D eigenvalue weighted by molar-refractivity contribution is 5.76. The molecule has 0 bridgehead atoms. The van der Waals surface area contributed by atoms with Gasteiger partial charge < -0.3 is 15.0 Å². The second-order valence-corrected chi connectivity index (χ2v) is 7.38. The summed E-state index contributed by atoms with van der Waals surface area (Å²) >= 11 is 0. The summed E-state index contributed by atoms with van der Waals surface area (Å²) in [6, 6.07) is 8.61. The Labute approximate surface area is 140 Å². The molecule has 0 radical (unpaired) electrons. The van der Waals surface area contributed by atoms with E-state index in [0.717, 1.165) is 31.7 Å². The van der Waals surface area contributed by atoms with Crippen molar-refractivity contribution >= 4 is 5.91 Å². The van der Waals surface area contributed by atoms with Crippen LogP contribution in [0.2, 0.25) is 0 Å². The molecule has 0 spiro atoms. The second-order valence-electron chi connectivity index (χ2n) is 7.38. The third-order valence-electron chi connectivity index (χ3n) is 4.50. The number of hydrogen-bond acceptors (Lipinski definition) is 3. The van der Waals surface area contributed by atoms with E-state index in [0.29, 0.717) is 19.1 Å². The molecule has 1 N–H and O–H groups in total. The van der Waals surface area contributed by atoms with Gasteiger partial charge in [-0.3, -0.25) is 4.79 Å². The molecule has 1 aliphatic heterocycles. The maximum Gasteiger partial charge on any atom is 0.222 e. The fourth-order valence-electron chi connectivity index (χ4n) is 2.81. The molecule has 0 saturated carbocycles. The number of rotatable bonds is 6. The summed E-state index contributed by atoms with van der Waals surface area (Å²) in [7, 11) is 1.91. The van der Waals surface area contributed by atoms with Crippen molar-refractivity contribution in [1.29, 1.82) is 0 Å². The number of amides is 1. The topological polar surface area (TPSA) is 41.6 Å². The quantitative estimate of drug-likeness (QED) is 0.820. The van der Waals surface area contributed by atoms with Gasteiger partial charge >= 0.3 is 0 Å². The maximum absolute atomic E-state index is 12.1. The van der Waals surface area contributed by atoms with E-state index in [4.69, 9.17) is 4.74 Å². The molecule has 0 aliphatic carbocycles. The van der Waals surface area contributed by atoms with Crippen molar-refractivity contribution in [3.8, 4) is 5.75 Å².